The SMILES string of the molecule is CCNc1nc(C)cc(Nc2ccc(NC(=O)C3COc4ccccc4O3)cc2)n1. The molecule has 0 saturated heterocycles. The standard InChI is InChI=1S/C22H23N5O3/c1-3-23-22-24-14(2)12-20(27-22)25-15-8-10-16(11-9-15)26-21(28)19-13-29-17-6-4-5-7-18(17)30-19/h4-12,19H,3,13H2,1-2H3,(H,26,28)(H2,23,24,25,27). The summed E-state index contributed by atoms with van der Waals surface area (Å²) in [5.74, 6) is 2.24. The van der Waals surface area contributed by atoms with Crippen molar-refractivity contribution < 1.29 is 14.3 Å². The number of aryl methyl sites for hydroxylation is 1. The van der Waals surface area contributed by atoms with E-state index in [2.05, 4.69) is 25.9 Å². The molecule has 1 amide bonds. The molecule has 1 aliphatic heterocycles. The second kappa shape index (κ2) is 8.69. The lowest BCUT2D eigenvalue weighted by Gasteiger charge is -2.25. The number of ether oxygens (including phenoxy) is 2. The van der Waals surface area contributed by atoms with Gasteiger partial charge in [-0.05, 0) is 50.2 Å². The van der Waals surface area contributed by atoms with Gasteiger partial charge in [0.05, 0.1) is 0 Å². The van der Waals surface area contributed by atoms with E-state index in [0.717, 1.165) is 17.9 Å². The Morgan fingerprint density at radius 1 is 1.07 bits per heavy atom. The third-order valence-electron chi connectivity index (χ3n) is 4.41. The second-order valence-electron chi connectivity index (χ2n) is 6.80. The van der Waals surface area contributed by atoms with Crippen LogP contribution in [0.5, 0.6) is 11.5 Å². The summed E-state index contributed by atoms with van der Waals surface area (Å²) in [5, 5.41) is 9.22. The number of rotatable bonds is 6. The molecule has 30 heavy (non-hydrogen) atoms. The molecule has 0 bridgehead atoms. The summed E-state index contributed by atoms with van der Waals surface area (Å²) in [6.07, 6.45) is -0.703. The molecule has 2 heterocycles. The van der Waals surface area contributed by atoms with Gasteiger partial charge in [-0.1, -0.05) is 12.1 Å². The number of aromatic nitrogens is 2. The molecule has 4 rings (SSSR count). The van der Waals surface area contributed by atoms with Gasteiger partial charge in [-0.3, -0.25) is 4.79 Å². The Labute approximate surface area is 174 Å². The van der Waals surface area contributed by atoms with Crippen molar-refractivity contribution in [2.45, 2.75) is 20.0 Å². The Morgan fingerprint density at radius 3 is 2.57 bits per heavy atom. The van der Waals surface area contributed by atoms with E-state index in [4.69, 9.17) is 9.47 Å². The lowest BCUT2D eigenvalue weighted by atomic mass is 10.2. The van der Waals surface area contributed by atoms with E-state index in [1.807, 2.05) is 62.4 Å². The maximum Gasteiger partial charge on any atom is 0.269 e. The summed E-state index contributed by atoms with van der Waals surface area (Å²) in [6.45, 7) is 4.83. The molecule has 8 nitrogen and oxygen atoms in total. The van der Waals surface area contributed by atoms with Gasteiger partial charge in [-0.25, -0.2) is 4.98 Å². The fourth-order valence-electron chi connectivity index (χ4n) is 3.03. The van der Waals surface area contributed by atoms with Crippen molar-refractivity contribution in [2.24, 2.45) is 0 Å². The molecule has 2 aromatic carbocycles. The Hall–Kier alpha value is -3.81. The molecule has 1 aromatic heterocycles. The highest BCUT2D eigenvalue weighted by Gasteiger charge is 2.27. The third kappa shape index (κ3) is 4.60. The maximum absolute atomic E-state index is 12.5. The van der Waals surface area contributed by atoms with Gasteiger partial charge in [0.15, 0.2) is 11.5 Å². The highest BCUT2D eigenvalue weighted by molar-refractivity contribution is 5.94. The van der Waals surface area contributed by atoms with Crippen molar-refractivity contribution in [1.82, 2.24) is 9.97 Å². The van der Waals surface area contributed by atoms with Crippen LogP contribution in [0.4, 0.5) is 23.1 Å². The predicted molar refractivity (Wildman–Crippen MR) is 116 cm³/mol. The van der Waals surface area contributed by atoms with Crippen molar-refractivity contribution >= 4 is 29.0 Å². The van der Waals surface area contributed by atoms with Crippen LogP contribution < -0.4 is 25.4 Å². The minimum absolute atomic E-state index is 0.170. The number of nitrogens with zero attached hydrogens (tertiary/aromatic N) is 2. The van der Waals surface area contributed by atoms with Crippen LogP contribution in [-0.2, 0) is 4.79 Å². The van der Waals surface area contributed by atoms with Crippen LogP contribution in [0.3, 0.4) is 0 Å². The van der Waals surface area contributed by atoms with Crippen molar-refractivity contribution in [1.29, 1.82) is 0 Å². The minimum atomic E-state index is -0.703. The molecule has 154 valence electrons. The molecule has 3 aromatic rings. The predicted octanol–water partition coefficient (Wildman–Crippen LogP) is 3.74. The topological polar surface area (TPSA) is 97.4 Å². The van der Waals surface area contributed by atoms with Crippen LogP contribution in [0.25, 0.3) is 0 Å². The molecule has 0 aliphatic carbocycles. The van der Waals surface area contributed by atoms with E-state index < -0.39 is 6.10 Å². The third-order valence-corrected chi connectivity index (χ3v) is 4.41. The van der Waals surface area contributed by atoms with Gasteiger partial charge < -0.3 is 25.4 Å². The number of para-hydroxylation sites is 2. The molecule has 3 N–H and O–H groups in total. The molecule has 0 fully saturated rings. The number of fused-ring (bicyclic) bond motifs is 1. The van der Waals surface area contributed by atoms with Crippen LogP contribution >= 0.6 is 0 Å². The molecule has 0 radical (unpaired) electrons. The summed E-state index contributed by atoms with van der Waals surface area (Å²) in [6, 6.07) is 16.5. The second-order valence-corrected chi connectivity index (χ2v) is 6.80. The zero-order valence-corrected chi connectivity index (χ0v) is 16.8. The summed E-state index contributed by atoms with van der Waals surface area (Å²) in [7, 11) is 0. The van der Waals surface area contributed by atoms with Crippen LogP contribution in [0, 0.1) is 6.92 Å². The quantitative estimate of drug-likeness (QED) is 0.575. The smallest absolute Gasteiger partial charge is 0.269 e. The fraction of sp³-hybridized carbons (Fsp3) is 0.227. The monoisotopic (exact) mass is 405 g/mol. The van der Waals surface area contributed by atoms with Crippen LogP contribution in [0.15, 0.2) is 54.6 Å². The number of hydrogen-bond donors (Lipinski definition) is 3. The fourth-order valence-corrected chi connectivity index (χ4v) is 3.03. The van der Waals surface area contributed by atoms with E-state index in [1.54, 1.807) is 6.07 Å². The van der Waals surface area contributed by atoms with E-state index in [9.17, 15) is 4.79 Å². The molecule has 0 saturated carbocycles. The first-order valence-corrected chi connectivity index (χ1v) is 9.76. The number of amides is 1. The number of nitrogens with one attached hydrogen (secondary N) is 3. The van der Waals surface area contributed by atoms with Crippen LogP contribution in [0.1, 0.15) is 12.6 Å². The van der Waals surface area contributed by atoms with E-state index >= 15 is 0 Å². The molecule has 0 spiro atoms. The van der Waals surface area contributed by atoms with E-state index in [-0.39, 0.29) is 12.5 Å². The van der Waals surface area contributed by atoms with Crippen molar-refractivity contribution in [3.8, 4) is 11.5 Å². The Bertz CT molecular complexity index is 1040. The summed E-state index contributed by atoms with van der Waals surface area (Å²) >= 11 is 0. The van der Waals surface area contributed by atoms with Gasteiger partial charge in [0, 0.05) is 29.7 Å². The Kier molecular flexibility index (Phi) is 5.65. The van der Waals surface area contributed by atoms with Crippen molar-refractivity contribution in [2.75, 3.05) is 29.1 Å². The highest BCUT2D eigenvalue weighted by Crippen LogP contribution is 2.31. The van der Waals surface area contributed by atoms with Gasteiger partial charge in [0.25, 0.3) is 5.91 Å². The van der Waals surface area contributed by atoms with Crippen LogP contribution in [0.2, 0.25) is 0 Å². The number of carbonyl (C=O) groups excluding carboxylic acids is 1. The average Bonchev–Trinajstić information content (AvgIpc) is 2.74. The molecule has 1 atom stereocenters. The zero-order valence-electron chi connectivity index (χ0n) is 16.8. The maximum atomic E-state index is 12.5. The molecular formula is C22H23N5O3. The van der Waals surface area contributed by atoms with Crippen LogP contribution in [-0.4, -0.2) is 35.1 Å². The first-order chi connectivity index (χ1) is 14.6. The minimum Gasteiger partial charge on any atom is -0.485 e. The molecule has 1 aliphatic rings. The summed E-state index contributed by atoms with van der Waals surface area (Å²) < 4.78 is 11.3. The van der Waals surface area contributed by atoms with Crippen molar-refractivity contribution in [3.05, 3.63) is 60.3 Å². The summed E-state index contributed by atoms with van der Waals surface area (Å²) in [4.78, 5) is 21.3. The van der Waals surface area contributed by atoms with Crippen molar-refractivity contribution in [3.63, 3.8) is 0 Å². The summed E-state index contributed by atoms with van der Waals surface area (Å²) in [5.41, 5.74) is 2.38. The number of carbonyl (C=O) groups is 1. The number of benzene rings is 2. The largest absolute Gasteiger partial charge is 0.485 e. The van der Waals surface area contributed by atoms with Gasteiger partial charge >= 0.3 is 0 Å². The Morgan fingerprint density at radius 2 is 1.80 bits per heavy atom. The number of hydrogen-bond acceptors (Lipinski definition) is 7. The van der Waals surface area contributed by atoms with Gasteiger partial charge in [0.1, 0.15) is 12.4 Å². The Balaban J connectivity index is 1.38. The normalized spacial score (nSPS) is 14.7. The number of anilines is 4. The molecular weight excluding hydrogens is 382 g/mol. The highest BCUT2D eigenvalue weighted by atomic mass is 16.6. The molecule has 1 unspecified atom stereocenters. The van der Waals surface area contributed by atoms with Gasteiger partial charge in [-0.2, -0.15) is 4.98 Å². The average molecular weight is 405 g/mol. The van der Waals surface area contributed by atoms with Gasteiger partial charge in [0.2, 0.25) is 12.1 Å². The first-order valence-electron chi connectivity index (χ1n) is 9.76. The lowest BCUT2D eigenvalue weighted by molar-refractivity contribution is -0.125. The molecule has 8 heteroatoms. The zero-order chi connectivity index (χ0) is 20.9. The van der Waals surface area contributed by atoms with E-state index in [0.29, 0.717) is 29.0 Å². The van der Waals surface area contributed by atoms with Gasteiger partial charge in [-0.15, -0.1) is 0 Å². The lowest BCUT2D eigenvalue weighted by Crippen LogP contribution is -2.40. The first kappa shape index (κ1) is 19.5. The van der Waals surface area contributed by atoms with E-state index in [1.165, 1.54) is 0 Å².